The number of carbonyl (C=O) groups is 1. The number of carbonyl (C=O) groups excluding carboxylic acids is 1. The van der Waals surface area contributed by atoms with Crippen LogP contribution in [0.15, 0.2) is 54.6 Å². The molecule has 4 rings (SSSR count). The van der Waals surface area contributed by atoms with E-state index in [1.807, 2.05) is 18.2 Å². The quantitative estimate of drug-likeness (QED) is 0.669. The summed E-state index contributed by atoms with van der Waals surface area (Å²) < 4.78 is 0. The maximum absolute atomic E-state index is 12.3. The molecule has 25 heavy (non-hydrogen) atoms. The van der Waals surface area contributed by atoms with E-state index in [1.165, 1.54) is 0 Å². The molecule has 3 N–H and O–H groups in total. The Hall–Kier alpha value is -2.99. The van der Waals surface area contributed by atoms with Crippen LogP contribution in [0.2, 0.25) is 0 Å². The van der Waals surface area contributed by atoms with Gasteiger partial charge < -0.3 is 10.4 Å². The predicted molar refractivity (Wildman–Crippen MR) is 93.8 cm³/mol. The van der Waals surface area contributed by atoms with E-state index in [-0.39, 0.29) is 0 Å². The minimum atomic E-state index is -1.21. The number of nitrogens with zero attached hydrogens (tertiary/aromatic N) is 2. The number of nitrogens with one attached hydrogen (secondary N) is 2. The first-order valence-corrected chi connectivity index (χ1v) is 8.27. The zero-order valence-electron chi connectivity index (χ0n) is 13.5. The van der Waals surface area contributed by atoms with E-state index in [4.69, 9.17) is 0 Å². The van der Waals surface area contributed by atoms with Crippen molar-refractivity contribution in [3.05, 3.63) is 66.0 Å². The van der Waals surface area contributed by atoms with E-state index >= 15 is 0 Å². The Labute approximate surface area is 144 Å². The average molecular weight is 334 g/mol. The second-order valence-electron chi connectivity index (χ2n) is 6.20. The van der Waals surface area contributed by atoms with Gasteiger partial charge in [-0.15, -0.1) is 0 Å². The summed E-state index contributed by atoms with van der Waals surface area (Å²) >= 11 is 0. The van der Waals surface area contributed by atoms with E-state index < -0.39 is 12.0 Å². The van der Waals surface area contributed by atoms with E-state index in [0.29, 0.717) is 23.0 Å². The molecule has 6 heteroatoms. The molecule has 0 spiro atoms. The molecule has 1 amide bonds. The molecule has 1 atom stereocenters. The molecule has 1 aromatic heterocycles. The maximum atomic E-state index is 12.3. The standard InChI is InChI=1S/C19H18N4O2/c24-16(12-5-2-1-3-6-12)19(25)20-15-8-4-7-14(11-15)18-21-17(22-23-18)13-9-10-13/h1-8,11,13,16,24H,9-10H2,(H,20,25)(H,21,22,23)/t16-/m0/s1. The number of amides is 1. The Balaban J connectivity index is 1.50. The van der Waals surface area contributed by atoms with Gasteiger partial charge in [0, 0.05) is 17.2 Å². The number of aromatic nitrogens is 3. The van der Waals surface area contributed by atoms with Crippen LogP contribution in [-0.4, -0.2) is 26.2 Å². The number of aromatic amines is 1. The number of benzene rings is 2. The lowest BCUT2D eigenvalue weighted by Gasteiger charge is -2.12. The second kappa shape index (κ2) is 6.49. The van der Waals surface area contributed by atoms with Crippen molar-refractivity contribution in [2.24, 2.45) is 0 Å². The van der Waals surface area contributed by atoms with Crippen molar-refractivity contribution in [1.82, 2.24) is 15.2 Å². The maximum Gasteiger partial charge on any atom is 0.257 e. The summed E-state index contributed by atoms with van der Waals surface area (Å²) in [5, 5.41) is 20.1. The third-order valence-corrected chi connectivity index (χ3v) is 4.22. The highest BCUT2D eigenvalue weighted by Crippen LogP contribution is 2.38. The molecule has 3 aromatic rings. The highest BCUT2D eigenvalue weighted by Gasteiger charge is 2.27. The van der Waals surface area contributed by atoms with Gasteiger partial charge in [0.2, 0.25) is 0 Å². The molecular weight excluding hydrogens is 316 g/mol. The highest BCUT2D eigenvalue weighted by molar-refractivity contribution is 5.95. The fourth-order valence-electron chi connectivity index (χ4n) is 2.68. The number of hydrogen-bond acceptors (Lipinski definition) is 4. The summed E-state index contributed by atoms with van der Waals surface area (Å²) in [6.07, 6.45) is 1.10. The Kier molecular flexibility index (Phi) is 4.03. The van der Waals surface area contributed by atoms with Crippen molar-refractivity contribution < 1.29 is 9.90 Å². The van der Waals surface area contributed by atoms with E-state index in [9.17, 15) is 9.90 Å². The lowest BCUT2D eigenvalue weighted by molar-refractivity contribution is -0.124. The van der Waals surface area contributed by atoms with Crippen LogP contribution in [0.1, 0.15) is 36.3 Å². The van der Waals surface area contributed by atoms with Crippen LogP contribution in [0.3, 0.4) is 0 Å². The number of hydrogen-bond donors (Lipinski definition) is 3. The molecule has 0 radical (unpaired) electrons. The number of aliphatic hydroxyl groups excluding tert-OH is 1. The zero-order chi connectivity index (χ0) is 17.2. The average Bonchev–Trinajstić information content (AvgIpc) is 3.39. The lowest BCUT2D eigenvalue weighted by Crippen LogP contribution is -2.20. The molecule has 1 aliphatic carbocycles. The number of anilines is 1. The first kappa shape index (κ1) is 15.5. The van der Waals surface area contributed by atoms with Crippen LogP contribution >= 0.6 is 0 Å². The summed E-state index contributed by atoms with van der Waals surface area (Å²) in [6, 6.07) is 16.1. The first-order valence-electron chi connectivity index (χ1n) is 8.27. The molecule has 1 saturated carbocycles. The van der Waals surface area contributed by atoms with Gasteiger partial charge in [-0.3, -0.25) is 9.89 Å². The van der Waals surface area contributed by atoms with Crippen molar-refractivity contribution >= 4 is 11.6 Å². The van der Waals surface area contributed by atoms with Gasteiger partial charge in [0.05, 0.1) is 0 Å². The topological polar surface area (TPSA) is 90.9 Å². The third kappa shape index (κ3) is 3.44. The minimum absolute atomic E-state index is 0.475. The van der Waals surface area contributed by atoms with E-state index in [0.717, 1.165) is 24.2 Å². The molecule has 1 fully saturated rings. The van der Waals surface area contributed by atoms with Crippen molar-refractivity contribution in [2.75, 3.05) is 5.32 Å². The zero-order valence-corrected chi connectivity index (χ0v) is 13.5. The largest absolute Gasteiger partial charge is 0.378 e. The van der Waals surface area contributed by atoms with Crippen molar-refractivity contribution in [3.63, 3.8) is 0 Å². The summed E-state index contributed by atoms with van der Waals surface area (Å²) in [4.78, 5) is 16.8. The second-order valence-corrected chi connectivity index (χ2v) is 6.20. The van der Waals surface area contributed by atoms with Gasteiger partial charge in [0.15, 0.2) is 11.9 Å². The summed E-state index contributed by atoms with van der Waals surface area (Å²) in [5.74, 6) is 1.56. The van der Waals surface area contributed by atoms with Crippen LogP contribution in [-0.2, 0) is 4.79 Å². The third-order valence-electron chi connectivity index (χ3n) is 4.22. The SMILES string of the molecule is O=C(Nc1cccc(-c2n[nH]c(C3CC3)n2)c1)[C@@H](O)c1ccccc1. The van der Waals surface area contributed by atoms with Crippen molar-refractivity contribution in [1.29, 1.82) is 0 Å². The lowest BCUT2D eigenvalue weighted by atomic mass is 10.1. The molecule has 6 nitrogen and oxygen atoms in total. The highest BCUT2D eigenvalue weighted by atomic mass is 16.3. The van der Waals surface area contributed by atoms with E-state index in [2.05, 4.69) is 20.5 Å². The predicted octanol–water partition coefficient (Wildman–Crippen LogP) is 3.02. The summed E-state index contributed by atoms with van der Waals surface area (Å²) in [5.41, 5.74) is 1.96. The fourth-order valence-corrected chi connectivity index (χ4v) is 2.68. The van der Waals surface area contributed by atoms with Crippen LogP contribution in [0, 0.1) is 0 Å². The molecule has 0 bridgehead atoms. The molecule has 1 heterocycles. The first-order chi connectivity index (χ1) is 12.2. The summed E-state index contributed by atoms with van der Waals surface area (Å²) in [6.45, 7) is 0. The van der Waals surface area contributed by atoms with Crippen LogP contribution in [0.25, 0.3) is 11.4 Å². The van der Waals surface area contributed by atoms with E-state index in [1.54, 1.807) is 36.4 Å². The van der Waals surface area contributed by atoms with Gasteiger partial charge >= 0.3 is 0 Å². The molecule has 2 aromatic carbocycles. The van der Waals surface area contributed by atoms with Gasteiger partial charge in [0.25, 0.3) is 5.91 Å². The monoisotopic (exact) mass is 334 g/mol. The normalized spacial score (nSPS) is 14.9. The van der Waals surface area contributed by atoms with Crippen LogP contribution < -0.4 is 5.32 Å². The van der Waals surface area contributed by atoms with Crippen LogP contribution in [0.4, 0.5) is 5.69 Å². The molecule has 0 saturated heterocycles. The summed E-state index contributed by atoms with van der Waals surface area (Å²) in [7, 11) is 0. The van der Waals surface area contributed by atoms with Gasteiger partial charge in [-0.05, 0) is 30.5 Å². The fraction of sp³-hybridized carbons (Fsp3) is 0.211. The Morgan fingerprint density at radius 2 is 1.96 bits per heavy atom. The number of rotatable bonds is 5. The molecule has 126 valence electrons. The molecule has 1 aliphatic rings. The number of H-pyrrole nitrogens is 1. The van der Waals surface area contributed by atoms with Gasteiger partial charge in [-0.25, -0.2) is 4.98 Å². The van der Waals surface area contributed by atoms with Crippen molar-refractivity contribution in [2.45, 2.75) is 24.9 Å². The van der Waals surface area contributed by atoms with Crippen LogP contribution in [0.5, 0.6) is 0 Å². The van der Waals surface area contributed by atoms with Gasteiger partial charge in [0.1, 0.15) is 5.82 Å². The van der Waals surface area contributed by atoms with Crippen molar-refractivity contribution in [3.8, 4) is 11.4 Å². The van der Waals surface area contributed by atoms with Gasteiger partial charge in [-0.1, -0.05) is 42.5 Å². The molecule has 0 unspecified atom stereocenters. The minimum Gasteiger partial charge on any atom is -0.378 e. The van der Waals surface area contributed by atoms with Gasteiger partial charge in [-0.2, -0.15) is 5.10 Å². The smallest absolute Gasteiger partial charge is 0.257 e. The number of aliphatic hydroxyl groups is 1. The molecule has 0 aliphatic heterocycles. The molecular formula is C19H18N4O2. The Morgan fingerprint density at radius 1 is 1.16 bits per heavy atom. The Bertz CT molecular complexity index is 887. The Morgan fingerprint density at radius 3 is 2.72 bits per heavy atom.